The third-order valence-corrected chi connectivity index (χ3v) is 3.18. The van der Waals surface area contributed by atoms with E-state index in [-0.39, 0.29) is 12.5 Å². The van der Waals surface area contributed by atoms with Crippen LogP contribution in [-0.4, -0.2) is 48.9 Å². The molecule has 104 valence electrons. The normalized spacial score (nSPS) is 19.4. The molecule has 6 heteroatoms. The Bertz CT molecular complexity index is 299. The van der Waals surface area contributed by atoms with Gasteiger partial charge in [-0.25, -0.2) is 4.79 Å². The van der Waals surface area contributed by atoms with E-state index in [1.807, 2.05) is 6.92 Å². The van der Waals surface area contributed by atoms with Gasteiger partial charge < -0.3 is 19.9 Å². The Morgan fingerprint density at radius 2 is 2.00 bits per heavy atom. The van der Waals surface area contributed by atoms with Gasteiger partial charge in [0.05, 0.1) is 6.61 Å². The first-order valence-electron chi connectivity index (χ1n) is 6.22. The van der Waals surface area contributed by atoms with Gasteiger partial charge in [0.25, 0.3) is 5.91 Å². The van der Waals surface area contributed by atoms with E-state index in [4.69, 9.17) is 14.6 Å². The number of rotatable bonds is 7. The Kier molecular flexibility index (Phi) is 5.55. The average molecular weight is 259 g/mol. The number of carbonyl (C=O) groups is 2. The van der Waals surface area contributed by atoms with Gasteiger partial charge in [-0.2, -0.15) is 0 Å². The highest BCUT2D eigenvalue weighted by Gasteiger charge is 2.43. The van der Waals surface area contributed by atoms with Crippen molar-refractivity contribution < 1.29 is 24.2 Å². The number of hydrogen-bond donors (Lipinski definition) is 2. The first-order valence-corrected chi connectivity index (χ1v) is 6.22. The zero-order valence-corrected chi connectivity index (χ0v) is 10.9. The van der Waals surface area contributed by atoms with Gasteiger partial charge >= 0.3 is 5.97 Å². The van der Waals surface area contributed by atoms with Crippen LogP contribution in [0.3, 0.4) is 0 Å². The van der Waals surface area contributed by atoms with Crippen LogP contribution in [0.1, 0.15) is 32.6 Å². The van der Waals surface area contributed by atoms with Crippen molar-refractivity contribution in [2.75, 3.05) is 20.3 Å². The van der Waals surface area contributed by atoms with E-state index >= 15 is 0 Å². The fourth-order valence-electron chi connectivity index (χ4n) is 2.29. The van der Waals surface area contributed by atoms with Crippen molar-refractivity contribution in [2.24, 2.45) is 0 Å². The summed E-state index contributed by atoms with van der Waals surface area (Å²) < 4.78 is 10.4. The highest BCUT2D eigenvalue weighted by atomic mass is 16.5. The number of methoxy groups -OCH3 is 1. The molecule has 0 aromatic carbocycles. The first kappa shape index (κ1) is 14.9. The second kappa shape index (κ2) is 6.70. The molecule has 0 aliphatic heterocycles. The van der Waals surface area contributed by atoms with E-state index in [9.17, 15) is 9.59 Å². The first-order chi connectivity index (χ1) is 8.55. The van der Waals surface area contributed by atoms with Gasteiger partial charge in [0.1, 0.15) is 5.60 Å². The fraction of sp³-hybridized carbons (Fsp3) is 0.833. The van der Waals surface area contributed by atoms with Gasteiger partial charge in [-0.05, 0) is 32.6 Å². The lowest BCUT2D eigenvalue weighted by molar-refractivity contribution is -0.152. The molecule has 1 amide bonds. The molecule has 0 heterocycles. The highest BCUT2D eigenvalue weighted by Crippen LogP contribution is 2.33. The van der Waals surface area contributed by atoms with Crippen LogP contribution in [0, 0.1) is 0 Å². The lowest BCUT2D eigenvalue weighted by Gasteiger charge is -2.29. The second-order valence-electron chi connectivity index (χ2n) is 4.45. The Balaban J connectivity index is 2.68. The lowest BCUT2D eigenvalue weighted by atomic mass is 10.0. The molecule has 1 fully saturated rings. The third-order valence-electron chi connectivity index (χ3n) is 3.18. The van der Waals surface area contributed by atoms with Crippen molar-refractivity contribution in [2.45, 2.75) is 44.2 Å². The minimum Gasteiger partial charge on any atom is -0.480 e. The van der Waals surface area contributed by atoms with E-state index in [1.165, 1.54) is 7.11 Å². The largest absolute Gasteiger partial charge is 0.480 e. The molecule has 0 aromatic rings. The molecule has 0 saturated heterocycles. The van der Waals surface area contributed by atoms with Gasteiger partial charge in [-0.15, -0.1) is 0 Å². The smallest absolute Gasteiger partial charge is 0.328 e. The van der Waals surface area contributed by atoms with Crippen molar-refractivity contribution in [1.29, 1.82) is 0 Å². The zero-order chi connectivity index (χ0) is 13.6. The van der Waals surface area contributed by atoms with Crippen molar-refractivity contribution >= 4 is 11.9 Å². The van der Waals surface area contributed by atoms with Crippen LogP contribution >= 0.6 is 0 Å². The number of hydrogen-bond acceptors (Lipinski definition) is 4. The number of carbonyl (C=O) groups excluding carboxylic acids is 1. The SMILES string of the molecule is CCOC1(C(=O)NC(COC)C(=O)O)CCCC1. The Labute approximate surface area is 107 Å². The Morgan fingerprint density at radius 3 is 2.44 bits per heavy atom. The summed E-state index contributed by atoms with van der Waals surface area (Å²) in [6, 6.07) is -1.03. The summed E-state index contributed by atoms with van der Waals surface area (Å²) in [6.07, 6.45) is 3.14. The molecule has 1 atom stereocenters. The summed E-state index contributed by atoms with van der Waals surface area (Å²) in [5, 5.41) is 11.5. The Morgan fingerprint density at radius 1 is 1.39 bits per heavy atom. The minimum atomic E-state index is -1.10. The predicted molar refractivity (Wildman–Crippen MR) is 64.3 cm³/mol. The van der Waals surface area contributed by atoms with Crippen molar-refractivity contribution in [1.82, 2.24) is 5.32 Å². The van der Waals surface area contributed by atoms with Gasteiger partial charge in [-0.3, -0.25) is 4.79 Å². The van der Waals surface area contributed by atoms with Crippen LogP contribution < -0.4 is 5.32 Å². The number of amides is 1. The minimum absolute atomic E-state index is 0.0523. The summed E-state index contributed by atoms with van der Waals surface area (Å²) in [5.41, 5.74) is -0.851. The van der Waals surface area contributed by atoms with Crippen LogP contribution in [-0.2, 0) is 19.1 Å². The van der Waals surface area contributed by atoms with Crippen LogP contribution in [0.2, 0.25) is 0 Å². The molecule has 1 rings (SSSR count). The quantitative estimate of drug-likeness (QED) is 0.697. The summed E-state index contributed by atoms with van der Waals surface area (Å²) in [6.45, 7) is 2.22. The van der Waals surface area contributed by atoms with Crippen molar-refractivity contribution in [3.63, 3.8) is 0 Å². The number of aliphatic carboxylic acids is 1. The second-order valence-corrected chi connectivity index (χ2v) is 4.45. The zero-order valence-electron chi connectivity index (χ0n) is 10.9. The van der Waals surface area contributed by atoms with Crippen LogP contribution in [0.5, 0.6) is 0 Å². The molecule has 1 saturated carbocycles. The van der Waals surface area contributed by atoms with Crippen molar-refractivity contribution in [3.8, 4) is 0 Å². The summed E-state index contributed by atoms with van der Waals surface area (Å²) in [4.78, 5) is 23.2. The summed E-state index contributed by atoms with van der Waals surface area (Å²) in [7, 11) is 1.40. The summed E-state index contributed by atoms with van der Waals surface area (Å²) >= 11 is 0. The maximum atomic E-state index is 12.2. The van der Waals surface area contributed by atoms with Crippen LogP contribution in [0.4, 0.5) is 0 Å². The topological polar surface area (TPSA) is 84.9 Å². The molecule has 6 nitrogen and oxygen atoms in total. The monoisotopic (exact) mass is 259 g/mol. The standard InChI is InChI=1S/C12H21NO5/c1-3-18-12(6-4-5-7-12)11(16)13-9(8-17-2)10(14)15/h9H,3-8H2,1-2H3,(H,13,16)(H,14,15). The molecule has 1 unspecified atom stereocenters. The number of carboxylic acids is 1. The number of ether oxygens (including phenoxy) is 2. The van der Waals surface area contributed by atoms with Crippen LogP contribution in [0.25, 0.3) is 0 Å². The van der Waals surface area contributed by atoms with E-state index in [0.717, 1.165) is 12.8 Å². The average Bonchev–Trinajstić information content (AvgIpc) is 2.78. The fourth-order valence-corrected chi connectivity index (χ4v) is 2.29. The highest BCUT2D eigenvalue weighted by molar-refractivity contribution is 5.89. The molecule has 0 bridgehead atoms. The van der Waals surface area contributed by atoms with E-state index in [1.54, 1.807) is 0 Å². The molecule has 1 aliphatic carbocycles. The van der Waals surface area contributed by atoms with E-state index < -0.39 is 17.6 Å². The van der Waals surface area contributed by atoms with Gasteiger partial charge in [0, 0.05) is 13.7 Å². The van der Waals surface area contributed by atoms with Crippen molar-refractivity contribution in [3.05, 3.63) is 0 Å². The molecule has 0 aromatic heterocycles. The van der Waals surface area contributed by atoms with Crippen LogP contribution in [0.15, 0.2) is 0 Å². The molecular formula is C12H21NO5. The lowest BCUT2D eigenvalue weighted by Crippen LogP contribution is -2.53. The van der Waals surface area contributed by atoms with Gasteiger partial charge in [0.15, 0.2) is 6.04 Å². The molecule has 18 heavy (non-hydrogen) atoms. The Hall–Kier alpha value is -1.14. The molecule has 0 spiro atoms. The summed E-state index contributed by atoms with van der Waals surface area (Å²) in [5.74, 6) is -1.44. The molecule has 0 radical (unpaired) electrons. The van der Waals surface area contributed by atoms with E-state index in [0.29, 0.717) is 19.4 Å². The molecule has 1 aliphatic rings. The maximum Gasteiger partial charge on any atom is 0.328 e. The molecule has 2 N–H and O–H groups in total. The number of carboxylic acid groups (broad SMARTS) is 1. The maximum absolute atomic E-state index is 12.2. The van der Waals surface area contributed by atoms with E-state index in [2.05, 4.69) is 5.32 Å². The third kappa shape index (κ3) is 3.43. The van der Waals surface area contributed by atoms with Gasteiger partial charge in [-0.1, -0.05) is 0 Å². The predicted octanol–water partition coefficient (Wildman–Crippen LogP) is 0.551. The number of nitrogens with one attached hydrogen (secondary N) is 1. The van der Waals surface area contributed by atoms with Gasteiger partial charge in [0.2, 0.25) is 0 Å². The molecular weight excluding hydrogens is 238 g/mol.